The van der Waals surface area contributed by atoms with Crippen molar-refractivity contribution in [3.8, 4) is 55.6 Å². The molecule has 0 aliphatic heterocycles. The van der Waals surface area contributed by atoms with Crippen molar-refractivity contribution in [1.82, 2.24) is 0 Å². The highest BCUT2D eigenvalue weighted by atomic mass is 16.3. The number of anilines is 3. The van der Waals surface area contributed by atoms with Crippen molar-refractivity contribution >= 4 is 60.5 Å². The first kappa shape index (κ1) is 37.3. The van der Waals surface area contributed by atoms with Gasteiger partial charge in [0, 0.05) is 33.4 Å². The van der Waals surface area contributed by atoms with Gasteiger partial charge in [0.05, 0.1) is 0 Å². The van der Waals surface area contributed by atoms with E-state index < -0.39 is 0 Å². The van der Waals surface area contributed by atoms with E-state index in [1.165, 1.54) is 54.9 Å². The maximum Gasteiger partial charge on any atom is 0.143 e. The zero-order valence-corrected chi connectivity index (χ0v) is 35.0. The molecule has 1 heterocycles. The summed E-state index contributed by atoms with van der Waals surface area (Å²) in [6, 6.07) is 89.6. The van der Waals surface area contributed by atoms with Crippen molar-refractivity contribution in [1.29, 1.82) is 0 Å². The van der Waals surface area contributed by atoms with Crippen LogP contribution in [0.2, 0.25) is 0 Å². The second kappa shape index (κ2) is 15.8. The molecular formula is C62H41NO. The summed E-state index contributed by atoms with van der Waals surface area (Å²) >= 11 is 0. The molecule has 12 rings (SSSR count). The summed E-state index contributed by atoms with van der Waals surface area (Å²) in [4.78, 5) is 2.36. The van der Waals surface area contributed by atoms with E-state index in [2.05, 4.69) is 248 Å². The number of para-hydroxylation sites is 1. The van der Waals surface area contributed by atoms with Gasteiger partial charge in [-0.15, -0.1) is 0 Å². The lowest BCUT2D eigenvalue weighted by Crippen LogP contribution is -2.09. The topological polar surface area (TPSA) is 16.4 Å². The maximum atomic E-state index is 6.51. The molecule has 0 fully saturated rings. The third-order valence-corrected chi connectivity index (χ3v) is 12.7. The van der Waals surface area contributed by atoms with E-state index >= 15 is 0 Å². The average Bonchev–Trinajstić information content (AvgIpc) is 3.75. The van der Waals surface area contributed by atoms with Gasteiger partial charge in [0.2, 0.25) is 0 Å². The second-order valence-corrected chi connectivity index (χ2v) is 16.5. The van der Waals surface area contributed by atoms with Crippen molar-refractivity contribution in [2.24, 2.45) is 0 Å². The molecule has 0 bridgehead atoms. The predicted octanol–water partition coefficient (Wildman–Crippen LogP) is 17.7. The smallest absolute Gasteiger partial charge is 0.143 e. The van der Waals surface area contributed by atoms with Gasteiger partial charge >= 0.3 is 0 Å². The van der Waals surface area contributed by atoms with Gasteiger partial charge in [0.25, 0.3) is 0 Å². The van der Waals surface area contributed by atoms with Crippen molar-refractivity contribution in [2.75, 3.05) is 4.90 Å². The zero-order valence-electron chi connectivity index (χ0n) is 35.0. The number of rotatable bonds is 8. The minimum Gasteiger partial charge on any atom is -0.455 e. The quantitative estimate of drug-likeness (QED) is 0.152. The molecule has 64 heavy (non-hydrogen) atoms. The molecule has 0 aliphatic rings. The molecule has 11 aromatic carbocycles. The van der Waals surface area contributed by atoms with Gasteiger partial charge in [0.1, 0.15) is 11.2 Å². The van der Waals surface area contributed by atoms with Crippen LogP contribution in [-0.4, -0.2) is 0 Å². The monoisotopic (exact) mass is 815 g/mol. The normalized spacial score (nSPS) is 11.4. The number of benzene rings is 11. The fraction of sp³-hybridized carbons (Fsp3) is 0. The lowest BCUT2D eigenvalue weighted by Gasteiger charge is -2.26. The predicted molar refractivity (Wildman–Crippen MR) is 271 cm³/mol. The molecule has 0 saturated carbocycles. The molecule has 0 spiro atoms. The van der Waals surface area contributed by atoms with Gasteiger partial charge in [0.15, 0.2) is 0 Å². The lowest BCUT2D eigenvalue weighted by molar-refractivity contribution is 0.670. The van der Waals surface area contributed by atoms with Crippen LogP contribution in [0.25, 0.3) is 99.1 Å². The number of furan rings is 1. The lowest BCUT2D eigenvalue weighted by atomic mass is 9.94. The first-order valence-electron chi connectivity index (χ1n) is 21.9. The Morgan fingerprint density at radius 2 is 0.672 bits per heavy atom. The van der Waals surface area contributed by atoms with Crippen LogP contribution in [0, 0.1) is 0 Å². The van der Waals surface area contributed by atoms with Crippen LogP contribution in [0.1, 0.15) is 0 Å². The highest BCUT2D eigenvalue weighted by Crippen LogP contribution is 2.41. The van der Waals surface area contributed by atoms with Gasteiger partial charge in [-0.05, 0) is 126 Å². The highest BCUT2D eigenvalue weighted by Gasteiger charge is 2.17. The van der Waals surface area contributed by atoms with Gasteiger partial charge in [-0.3, -0.25) is 0 Å². The number of fused-ring (bicyclic) bond motifs is 5. The van der Waals surface area contributed by atoms with Crippen molar-refractivity contribution in [3.05, 3.63) is 249 Å². The van der Waals surface area contributed by atoms with Gasteiger partial charge in [-0.1, -0.05) is 194 Å². The number of hydrogen-bond donors (Lipinski definition) is 0. The Morgan fingerprint density at radius 1 is 0.250 bits per heavy atom. The fourth-order valence-electron chi connectivity index (χ4n) is 9.47. The molecule has 2 nitrogen and oxygen atoms in total. The van der Waals surface area contributed by atoms with Crippen LogP contribution in [0.3, 0.4) is 0 Å². The summed E-state index contributed by atoms with van der Waals surface area (Å²) in [7, 11) is 0. The van der Waals surface area contributed by atoms with E-state index in [9.17, 15) is 0 Å². The molecule has 0 saturated heterocycles. The van der Waals surface area contributed by atoms with E-state index in [-0.39, 0.29) is 0 Å². The Kier molecular flexibility index (Phi) is 9.20. The van der Waals surface area contributed by atoms with Crippen molar-refractivity contribution < 1.29 is 4.42 Å². The summed E-state index contributed by atoms with van der Waals surface area (Å²) in [6.07, 6.45) is 0. The van der Waals surface area contributed by atoms with Crippen LogP contribution >= 0.6 is 0 Å². The first-order chi connectivity index (χ1) is 31.7. The van der Waals surface area contributed by atoms with E-state index in [0.717, 1.165) is 61.3 Å². The van der Waals surface area contributed by atoms with Crippen molar-refractivity contribution in [3.63, 3.8) is 0 Å². The Bertz CT molecular complexity index is 3620. The summed E-state index contributed by atoms with van der Waals surface area (Å²) in [6.45, 7) is 0. The number of hydrogen-bond acceptors (Lipinski definition) is 2. The molecule has 1 aromatic heterocycles. The summed E-state index contributed by atoms with van der Waals surface area (Å²) < 4.78 is 6.51. The zero-order chi connectivity index (χ0) is 42.4. The standard InChI is InChI=1S/C62H41NO/c1-3-12-42(13-4-1)49-25-24-46-18-10-21-56(59(46)40-49)48-30-37-53(38-31-48)63(52-35-28-47(29-36-52)55-20-9-17-44-16-7-8-19-54(44)55)51-33-26-43(27-34-51)50-32-39-61-60(41-50)58-23-11-22-57(62(58)64-61)45-14-5-2-6-15-45/h1-41H. The van der Waals surface area contributed by atoms with Crippen LogP contribution < -0.4 is 4.90 Å². The molecule has 0 amide bonds. The average molecular weight is 816 g/mol. The molecule has 0 aliphatic carbocycles. The Labute approximate surface area is 372 Å². The molecule has 0 unspecified atom stereocenters. The van der Waals surface area contributed by atoms with E-state index in [1.54, 1.807) is 0 Å². The molecular weight excluding hydrogens is 775 g/mol. The van der Waals surface area contributed by atoms with Crippen LogP contribution in [-0.2, 0) is 0 Å². The third-order valence-electron chi connectivity index (χ3n) is 12.7. The van der Waals surface area contributed by atoms with Crippen LogP contribution in [0.15, 0.2) is 253 Å². The maximum absolute atomic E-state index is 6.51. The van der Waals surface area contributed by atoms with Gasteiger partial charge in [-0.25, -0.2) is 0 Å². The molecule has 0 atom stereocenters. The summed E-state index contributed by atoms with van der Waals surface area (Å²) in [5.41, 5.74) is 16.9. The largest absolute Gasteiger partial charge is 0.455 e. The van der Waals surface area contributed by atoms with E-state index in [1.807, 2.05) is 6.07 Å². The Balaban J connectivity index is 0.924. The third kappa shape index (κ3) is 6.70. The molecule has 2 heteroatoms. The molecule has 0 radical (unpaired) electrons. The minimum absolute atomic E-state index is 0.889. The van der Waals surface area contributed by atoms with Gasteiger partial charge in [-0.2, -0.15) is 0 Å². The van der Waals surface area contributed by atoms with Crippen molar-refractivity contribution in [2.45, 2.75) is 0 Å². The van der Waals surface area contributed by atoms with E-state index in [4.69, 9.17) is 4.42 Å². The summed E-state index contributed by atoms with van der Waals surface area (Å²) in [5.74, 6) is 0. The highest BCUT2D eigenvalue weighted by molar-refractivity contribution is 6.10. The number of nitrogens with zero attached hydrogens (tertiary/aromatic N) is 1. The van der Waals surface area contributed by atoms with Gasteiger partial charge < -0.3 is 9.32 Å². The first-order valence-corrected chi connectivity index (χ1v) is 21.9. The molecule has 0 N–H and O–H groups in total. The second-order valence-electron chi connectivity index (χ2n) is 16.5. The SMILES string of the molecule is c1ccc(-c2ccc3cccc(-c4ccc(N(c5ccc(-c6ccc7oc8c(-c9ccccc9)cccc8c7c6)cc5)c5ccc(-c6cccc7ccccc67)cc5)cc4)c3c2)cc1. The van der Waals surface area contributed by atoms with Crippen LogP contribution in [0.5, 0.6) is 0 Å². The Hall–Kier alpha value is -8.46. The molecule has 12 aromatic rings. The summed E-state index contributed by atoms with van der Waals surface area (Å²) in [5, 5.41) is 7.20. The molecule has 300 valence electrons. The van der Waals surface area contributed by atoms with Crippen LogP contribution in [0.4, 0.5) is 17.1 Å². The minimum atomic E-state index is 0.889. The van der Waals surface area contributed by atoms with E-state index in [0.29, 0.717) is 0 Å². The Morgan fingerprint density at radius 3 is 1.33 bits per heavy atom. The fourth-order valence-corrected chi connectivity index (χ4v) is 9.47.